The SMILES string of the molecule is CC(C)CCOc1ccc(Br)cc1C(=O)Nc1ccc(OCCc2ccccc2)cc1. The Bertz CT molecular complexity index is 972. The second-order valence-electron chi connectivity index (χ2n) is 7.73. The lowest BCUT2D eigenvalue weighted by Crippen LogP contribution is -2.14. The van der Waals surface area contributed by atoms with Crippen molar-refractivity contribution in [3.63, 3.8) is 0 Å². The molecule has 0 aliphatic heterocycles. The highest BCUT2D eigenvalue weighted by Crippen LogP contribution is 2.25. The maximum Gasteiger partial charge on any atom is 0.259 e. The van der Waals surface area contributed by atoms with Crippen LogP contribution in [-0.2, 0) is 6.42 Å². The first-order valence-corrected chi connectivity index (χ1v) is 11.3. The van der Waals surface area contributed by atoms with E-state index in [0.717, 1.165) is 23.1 Å². The van der Waals surface area contributed by atoms with Gasteiger partial charge in [0.1, 0.15) is 11.5 Å². The van der Waals surface area contributed by atoms with Crippen molar-refractivity contribution in [1.82, 2.24) is 0 Å². The van der Waals surface area contributed by atoms with E-state index in [0.29, 0.717) is 36.1 Å². The van der Waals surface area contributed by atoms with Crippen molar-refractivity contribution in [2.24, 2.45) is 5.92 Å². The van der Waals surface area contributed by atoms with E-state index >= 15 is 0 Å². The van der Waals surface area contributed by atoms with Gasteiger partial charge in [-0.15, -0.1) is 0 Å². The minimum absolute atomic E-state index is 0.210. The van der Waals surface area contributed by atoms with Crippen molar-refractivity contribution in [3.8, 4) is 11.5 Å². The normalized spacial score (nSPS) is 10.7. The van der Waals surface area contributed by atoms with Crippen molar-refractivity contribution < 1.29 is 14.3 Å². The molecule has 0 aliphatic carbocycles. The van der Waals surface area contributed by atoms with Gasteiger partial charge in [0.2, 0.25) is 0 Å². The molecular formula is C26H28BrNO3. The third-order valence-corrected chi connectivity index (χ3v) is 5.25. The summed E-state index contributed by atoms with van der Waals surface area (Å²) in [6, 6.07) is 23.1. The van der Waals surface area contributed by atoms with Crippen LogP contribution in [0.25, 0.3) is 0 Å². The molecule has 0 radical (unpaired) electrons. The molecule has 162 valence electrons. The Labute approximate surface area is 192 Å². The first-order chi connectivity index (χ1) is 15.0. The number of rotatable bonds is 10. The van der Waals surface area contributed by atoms with Gasteiger partial charge in [-0.2, -0.15) is 0 Å². The summed E-state index contributed by atoms with van der Waals surface area (Å²) in [5.74, 6) is 1.69. The number of amides is 1. The van der Waals surface area contributed by atoms with Gasteiger partial charge in [0.15, 0.2) is 0 Å². The molecule has 0 bridgehead atoms. The van der Waals surface area contributed by atoms with Crippen molar-refractivity contribution in [3.05, 3.63) is 88.4 Å². The van der Waals surface area contributed by atoms with Crippen LogP contribution in [0.3, 0.4) is 0 Å². The fourth-order valence-electron chi connectivity index (χ4n) is 2.97. The quantitative estimate of drug-likeness (QED) is 0.348. The monoisotopic (exact) mass is 481 g/mol. The third-order valence-electron chi connectivity index (χ3n) is 4.75. The molecule has 0 heterocycles. The van der Waals surface area contributed by atoms with Crippen molar-refractivity contribution in [1.29, 1.82) is 0 Å². The van der Waals surface area contributed by atoms with E-state index in [9.17, 15) is 4.79 Å². The summed E-state index contributed by atoms with van der Waals surface area (Å²) >= 11 is 3.44. The average Bonchev–Trinajstić information content (AvgIpc) is 2.76. The molecule has 3 aromatic carbocycles. The van der Waals surface area contributed by atoms with Crippen LogP contribution in [0.15, 0.2) is 77.3 Å². The minimum atomic E-state index is -0.210. The summed E-state index contributed by atoms with van der Waals surface area (Å²) in [5, 5.41) is 2.94. The van der Waals surface area contributed by atoms with E-state index in [1.807, 2.05) is 54.6 Å². The zero-order valence-corrected chi connectivity index (χ0v) is 19.5. The molecule has 0 fully saturated rings. The number of ether oxygens (including phenoxy) is 2. The fraction of sp³-hybridized carbons (Fsp3) is 0.269. The highest BCUT2D eigenvalue weighted by Gasteiger charge is 2.14. The van der Waals surface area contributed by atoms with Crippen LogP contribution in [0.4, 0.5) is 5.69 Å². The molecule has 3 rings (SSSR count). The summed E-state index contributed by atoms with van der Waals surface area (Å²) in [5.41, 5.74) is 2.45. The Hall–Kier alpha value is -2.79. The van der Waals surface area contributed by atoms with Gasteiger partial charge in [0.25, 0.3) is 5.91 Å². The number of halogens is 1. The zero-order chi connectivity index (χ0) is 22.1. The van der Waals surface area contributed by atoms with Gasteiger partial charge in [0, 0.05) is 16.6 Å². The minimum Gasteiger partial charge on any atom is -0.493 e. The summed E-state index contributed by atoms with van der Waals surface area (Å²) < 4.78 is 12.5. The van der Waals surface area contributed by atoms with Crippen LogP contribution < -0.4 is 14.8 Å². The second-order valence-corrected chi connectivity index (χ2v) is 8.65. The van der Waals surface area contributed by atoms with Gasteiger partial charge in [-0.1, -0.05) is 60.1 Å². The molecule has 0 saturated carbocycles. The number of anilines is 1. The molecule has 31 heavy (non-hydrogen) atoms. The van der Waals surface area contributed by atoms with E-state index < -0.39 is 0 Å². The molecule has 1 amide bonds. The number of hydrogen-bond donors (Lipinski definition) is 1. The van der Waals surface area contributed by atoms with Crippen LogP contribution in [0.1, 0.15) is 36.2 Å². The van der Waals surface area contributed by atoms with Gasteiger partial charge in [-0.05, 0) is 60.4 Å². The number of hydrogen-bond acceptors (Lipinski definition) is 3. The Morgan fingerprint density at radius 2 is 1.68 bits per heavy atom. The van der Waals surface area contributed by atoms with Crippen LogP contribution >= 0.6 is 15.9 Å². The number of benzene rings is 3. The van der Waals surface area contributed by atoms with Gasteiger partial charge in [-0.25, -0.2) is 0 Å². The maximum atomic E-state index is 12.9. The number of nitrogens with one attached hydrogen (secondary N) is 1. The van der Waals surface area contributed by atoms with Crippen molar-refractivity contribution >= 4 is 27.5 Å². The van der Waals surface area contributed by atoms with Crippen LogP contribution in [0.2, 0.25) is 0 Å². The molecule has 0 atom stereocenters. The topological polar surface area (TPSA) is 47.6 Å². The summed E-state index contributed by atoms with van der Waals surface area (Å²) in [7, 11) is 0. The van der Waals surface area contributed by atoms with Crippen LogP contribution in [0, 0.1) is 5.92 Å². The molecule has 0 aromatic heterocycles. The first-order valence-electron chi connectivity index (χ1n) is 10.5. The molecule has 0 spiro atoms. The Kier molecular flexibility index (Phi) is 8.53. The van der Waals surface area contributed by atoms with E-state index in [4.69, 9.17) is 9.47 Å². The molecule has 0 saturated heterocycles. The van der Waals surface area contributed by atoms with E-state index in [-0.39, 0.29) is 5.91 Å². The smallest absolute Gasteiger partial charge is 0.259 e. The lowest BCUT2D eigenvalue weighted by Gasteiger charge is -2.13. The molecule has 3 aromatic rings. The molecular weight excluding hydrogens is 454 g/mol. The summed E-state index contributed by atoms with van der Waals surface area (Å²) in [6.07, 6.45) is 1.78. The number of carbonyl (C=O) groups is 1. The highest BCUT2D eigenvalue weighted by molar-refractivity contribution is 9.10. The highest BCUT2D eigenvalue weighted by atomic mass is 79.9. The fourth-order valence-corrected chi connectivity index (χ4v) is 3.34. The zero-order valence-electron chi connectivity index (χ0n) is 17.9. The lowest BCUT2D eigenvalue weighted by molar-refractivity contribution is 0.102. The van der Waals surface area contributed by atoms with Gasteiger partial charge in [-0.3, -0.25) is 4.79 Å². The van der Waals surface area contributed by atoms with Gasteiger partial charge < -0.3 is 14.8 Å². The summed E-state index contributed by atoms with van der Waals surface area (Å²) in [6.45, 7) is 5.47. The average molecular weight is 482 g/mol. The maximum absolute atomic E-state index is 12.9. The molecule has 5 heteroatoms. The molecule has 0 unspecified atom stereocenters. The Morgan fingerprint density at radius 3 is 2.39 bits per heavy atom. The van der Waals surface area contributed by atoms with Crippen LogP contribution in [0.5, 0.6) is 11.5 Å². The van der Waals surface area contributed by atoms with Crippen LogP contribution in [-0.4, -0.2) is 19.1 Å². The lowest BCUT2D eigenvalue weighted by atomic mass is 10.1. The molecule has 0 aliphatic rings. The standard InChI is InChI=1S/C26H28BrNO3/c1-19(2)14-16-31-25-13-8-21(27)18-24(25)26(29)28-22-9-11-23(12-10-22)30-17-15-20-6-4-3-5-7-20/h3-13,18-19H,14-17H2,1-2H3,(H,28,29). The number of carbonyl (C=O) groups excluding carboxylic acids is 1. The van der Waals surface area contributed by atoms with E-state index in [1.54, 1.807) is 6.07 Å². The summed E-state index contributed by atoms with van der Waals surface area (Å²) in [4.78, 5) is 12.9. The predicted octanol–water partition coefficient (Wildman–Crippen LogP) is 6.75. The first kappa shape index (κ1) is 22.9. The predicted molar refractivity (Wildman–Crippen MR) is 129 cm³/mol. The van der Waals surface area contributed by atoms with Crippen molar-refractivity contribution in [2.45, 2.75) is 26.7 Å². The second kappa shape index (κ2) is 11.6. The molecule has 4 nitrogen and oxygen atoms in total. The molecule has 1 N–H and O–H groups in total. The Balaban J connectivity index is 1.57. The third kappa shape index (κ3) is 7.44. The largest absolute Gasteiger partial charge is 0.493 e. The van der Waals surface area contributed by atoms with E-state index in [1.165, 1.54) is 5.56 Å². The van der Waals surface area contributed by atoms with Crippen molar-refractivity contribution in [2.75, 3.05) is 18.5 Å². The van der Waals surface area contributed by atoms with Gasteiger partial charge in [0.05, 0.1) is 18.8 Å². The van der Waals surface area contributed by atoms with Gasteiger partial charge >= 0.3 is 0 Å². The Morgan fingerprint density at radius 1 is 0.935 bits per heavy atom. The van der Waals surface area contributed by atoms with E-state index in [2.05, 4.69) is 47.2 Å².